The average molecular weight is 310 g/mol. The molecule has 2 rings (SSSR count). The fourth-order valence-electron chi connectivity index (χ4n) is 0.956. The fourth-order valence-corrected chi connectivity index (χ4v) is 0.956. The molecule has 2 heteroatoms. The third-order valence-electron chi connectivity index (χ3n) is 1.69. The molecule has 0 unspecified atom stereocenters. The molecule has 0 heterocycles. The first kappa shape index (κ1) is 17.7. The van der Waals surface area contributed by atoms with Gasteiger partial charge in [0.15, 0.2) is 0 Å². The van der Waals surface area contributed by atoms with Crippen LogP contribution in [0.4, 0.5) is 0 Å². The van der Waals surface area contributed by atoms with E-state index in [2.05, 4.69) is 13.8 Å². The van der Waals surface area contributed by atoms with E-state index in [0.717, 1.165) is 11.1 Å². The first-order chi connectivity index (χ1) is 6.79. The van der Waals surface area contributed by atoms with Crippen LogP contribution in [0, 0.1) is 13.8 Å². The van der Waals surface area contributed by atoms with Crippen molar-refractivity contribution in [2.24, 2.45) is 0 Å². The van der Waals surface area contributed by atoms with Crippen LogP contribution in [0.1, 0.15) is 11.1 Å². The molecule has 0 fully saturated rings. The van der Waals surface area contributed by atoms with Crippen LogP contribution >= 0.6 is 12.4 Å². The number of halogens is 1. The molecular formula is C14H15ClZr. The van der Waals surface area contributed by atoms with Gasteiger partial charge >= 0.3 is 26.2 Å². The van der Waals surface area contributed by atoms with Crippen molar-refractivity contribution >= 4 is 12.4 Å². The summed E-state index contributed by atoms with van der Waals surface area (Å²) in [5.74, 6) is 0. The van der Waals surface area contributed by atoms with Gasteiger partial charge in [-0.25, -0.2) is 0 Å². The number of hydrogen-bond acceptors (Lipinski definition) is 0. The van der Waals surface area contributed by atoms with Crippen LogP contribution in [0.15, 0.2) is 60.7 Å². The molecule has 0 amide bonds. The Kier molecular flexibility index (Phi) is 12.0. The van der Waals surface area contributed by atoms with Crippen LogP contribution in [0.3, 0.4) is 0 Å². The molecule has 0 saturated carbocycles. The van der Waals surface area contributed by atoms with E-state index in [9.17, 15) is 0 Å². The monoisotopic (exact) mass is 308 g/mol. The maximum atomic E-state index is 3.72. The minimum atomic E-state index is 0. The van der Waals surface area contributed by atoms with E-state index in [0.29, 0.717) is 0 Å². The fraction of sp³-hybridized carbons (Fsp3) is 0. The molecule has 0 saturated heterocycles. The molecule has 0 nitrogen and oxygen atoms in total. The maximum absolute atomic E-state index is 3.72. The molecule has 0 atom stereocenters. The van der Waals surface area contributed by atoms with E-state index in [1.165, 1.54) is 0 Å². The second kappa shape index (κ2) is 10.9. The first-order valence-corrected chi connectivity index (χ1v) is 4.53. The quantitative estimate of drug-likeness (QED) is 0.641. The Bertz CT molecular complexity index is 308. The number of benzene rings is 2. The Morgan fingerprint density at radius 2 is 0.812 bits per heavy atom. The first-order valence-electron chi connectivity index (χ1n) is 4.53. The molecule has 16 heavy (non-hydrogen) atoms. The molecule has 2 aromatic rings. The predicted octanol–water partition coefficient (Wildman–Crippen LogP) is 4.16. The molecule has 0 bridgehead atoms. The van der Waals surface area contributed by atoms with Gasteiger partial charge in [-0.1, -0.05) is 12.1 Å². The van der Waals surface area contributed by atoms with Crippen molar-refractivity contribution in [3.8, 4) is 0 Å². The third kappa shape index (κ3) is 8.64. The second-order valence-corrected chi connectivity index (χ2v) is 2.97. The summed E-state index contributed by atoms with van der Waals surface area (Å²) in [6, 6.07) is 19.7. The number of rotatable bonds is 0. The normalized spacial score (nSPS) is 7.50. The summed E-state index contributed by atoms with van der Waals surface area (Å²) in [7, 11) is 0. The van der Waals surface area contributed by atoms with Crippen molar-refractivity contribution in [2.45, 2.75) is 0 Å². The zero-order valence-electron chi connectivity index (χ0n) is 9.10. The average Bonchev–Trinajstić information content (AvgIpc) is 2.21. The van der Waals surface area contributed by atoms with Crippen molar-refractivity contribution in [2.75, 3.05) is 0 Å². The van der Waals surface area contributed by atoms with E-state index in [1.807, 2.05) is 60.7 Å². The summed E-state index contributed by atoms with van der Waals surface area (Å²) >= 11 is 0. The zero-order valence-corrected chi connectivity index (χ0v) is 12.4. The zero-order chi connectivity index (χ0) is 10.2. The van der Waals surface area contributed by atoms with Gasteiger partial charge in [-0.05, 0) is 0 Å². The summed E-state index contributed by atoms with van der Waals surface area (Å²) in [5.41, 5.74) is 2.14. The van der Waals surface area contributed by atoms with Gasteiger partial charge in [-0.3, -0.25) is 0 Å². The van der Waals surface area contributed by atoms with Crippen molar-refractivity contribution < 1.29 is 26.2 Å². The smallest absolute Gasteiger partial charge is 0.199 e. The molecule has 0 radical (unpaired) electrons. The molecule has 0 aromatic heterocycles. The van der Waals surface area contributed by atoms with Crippen LogP contribution in [0.5, 0.6) is 0 Å². The molecule has 2 aromatic carbocycles. The molecule has 82 valence electrons. The molecule has 0 spiro atoms. The van der Waals surface area contributed by atoms with E-state index < -0.39 is 0 Å². The Hall–Kier alpha value is -0.647. The SMILES string of the molecule is Cl.[CH2-]c1ccccc1.[CH2-]c1ccccc1.[Zr+2]. The van der Waals surface area contributed by atoms with Gasteiger partial charge in [0.25, 0.3) is 0 Å². The third-order valence-corrected chi connectivity index (χ3v) is 1.69. The van der Waals surface area contributed by atoms with Gasteiger partial charge in [0, 0.05) is 0 Å². The van der Waals surface area contributed by atoms with Crippen LogP contribution in [-0.2, 0) is 26.2 Å². The summed E-state index contributed by atoms with van der Waals surface area (Å²) in [4.78, 5) is 0. The van der Waals surface area contributed by atoms with Crippen molar-refractivity contribution in [1.29, 1.82) is 0 Å². The van der Waals surface area contributed by atoms with Crippen LogP contribution in [-0.4, -0.2) is 0 Å². The predicted molar refractivity (Wildman–Crippen MR) is 69.1 cm³/mol. The summed E-state index contributed by atoms with van der Waals surface area (Å²) in [6.07, 6.45) is 0. The van der Waals surface area contributed by atoms with Crippen LogP contribution < -0.4 is 0 Å². The van der Waals surface area contributed by atoms with Gasteiger partial charge in [0.1, 0.15) is 0 Å². The van der Waals surface area contributed by atoms with Gasteiger partial charge in [0.05, 0.1) is 0 Å². The largest absolute Gasteiger partial charge is 2.00 e. The van der Waals surface area contributed by atoms with E-state index in [1.54, 1.807) is 0 Å². The van der Waals surface area contributed by atoms with Gasteiger partial charge in [-0.2, -0.15) is 49.2 Å². The Morgan fingerprint density at radius 1 is 0.562 bits per heavy atom. The van der Waals surface area contributed by atoms with Crippen LogP contribution in [0.2, 0.25) is 0 Å². The summed E-state index contributed by atoms with van der Waals surface area (Å²) in [6.45, 7) is 7.44. The summed E-state index contributed by atoms with van der Waals surface area (Å²) < 4.78 is 0. The molecule has 0 aliphatic carbocycles. The Morgan fingerprint density at radius 3 is 0.938 bits per heavy atom. The van der Waals surface area contributed by atoms with Crippen molar-refractivity contribution in [3.63, 3.8) is 0 Å². The van der Waals surface area contributed by atoms with Crippen molar-refractivity contribution in [3.05, 3.63) is 85.6 Å². The Labute approximate surface area is 124 Å². The number of hydrogen-bond donors (Lipinski definition) is 0. The molecular weight excluding hydrogens is 295 g/mol. The standard InChI is InChI=1S/2C7H7.ClH.Zr/c2*1-7-5-3-2-4-6-7;;/h2*2-6H,1H2;1H;/q2*-1;;+2. The topological polar surface area (TPSA) is 0 Å². The molecule has 0 aliphatic rings. The van der Waals surface area contributed by atoms with Crippen LogP contribution in [0.25, 0.3) is 0 Å². The van der Waals surface area contributed by atoms with Gasteiger partial charge < -0.3 is 0 Å². The van der Waals surface area contributed by atoms with Crippen molar-refractivity contribution in [1.82, 2.24) is 0 Å². The minimum Gasteiger partial charge on any atom is -0.199 e. The molecule has 0 N–H and O–H groups in total. The molecule has 0 aliphatic heterocycles. The maximum Gasteiger partial charge on any atom is 2.00 e. The van der Waals surface area contributed by atoms with E-state index in [4.69, 9.17) is 0 Å². The Balaban J connectivity index is 0. The van der Waals surface area contributed by atoms with Gasteiger partial charge in [0.2, 0.25) is 0 Å². The summed E-state index contributed by atoms with van der Waals surface area (Å²) in [5, 5.41) is 0. The second-order valence-electron chi connectivity index (χ2n) is 2.97. The van der Waals surface area contributed by atoms with E-state index >= 15 is 0 Å². The van der Waals surface area contributed by atoms with E-state index in [-0.39, 0.29) is 38.6 Å². The minimum absolute atomic E-state index is 0. The van der Waals surface area contributed by atoms with Gasteiger partial charge in [-0.15, -0.1) is 36.7 Å².